The van der Waals surface area contributed by atoms with E-state index < -0.39 is 0 Å². The number of benzene rings is 1. The first kappa shape index (κ1) is 16.6. The van der Waals surface area contributed by atoms with Gasteiger partial charge in [-0.25, -0.2) is 9.97 Å². The summed E-state index contributed by atoms with van der Waals surface area (Å²) in [6.45, 7) is 2.88. The van der Waals surface area contributed by atoms with Crippen molar-refractivity contribution in [1.29, 1.82) is 5.26 Å². The second-order valence-electron chi connectivity index (χ2n) is 4.91. The standard InChI is InChI=1S/C17H20N4O2/c1-4-5-8-19-17-13(10-18)21-14(11-20-17)12-6-7-15(22-2)16(9-12)23-3/h6-7,9,11H,4-5,8H2,1-3H3,(H,19,20). The monoisotopic (exact) mass is 312 g/mol. The second kappa shape index (κ2) is 7.99. The highest BCUT2D eigenvalue weighted by Crippen LogP contribution is 2.31. The third kappa shape index (κ3) is 3.89. The number of unbranched alkanes of at least 4 members (excludes halogenated alkanes) is 1. The molecular formula is C17H20N4O2. The van der Waals surface area contributed by atoms with Crippen molar-refractivity contribution >= 4 is 5.82 Å². The molecule has 0 radical (unpaired) electrons. The van der Waals surface area contributed by atoms with Crippen LogP contribution in [0.5, 0.6) is 11.5 Å². The molecule has 0 saturated carbocycles. The zero-order chi connectivity index (χ0) is 16.7. The molecule has 0 fully saturated rings. The number of rotatable bonds is 7. The minimum Gasteiger partial charge on any atom is -0.493 e. The Labute approximate surface area is 136 Å². The van der Waals surface area contributed by atoms with E-state index in [9.17, 15) is 5.26 Å². The number of aromatic nitrogens is 2. The van der Waals surface area contributed by atoms with Crippen LogP contribution < -0.4 is 14.8 Å². The zero-order valence-electron chi connectivity index (χ0n) is 13.6. The normalized spacial score (nSPS) is 10.0. The van der Waals surface area contributed by atoms with Crippen LogP contribution in [0.25, 0.3) is 11.3 Å². The maximum atomic E-state index is 9.29. The van der Waals surface area contributed by atoms with Crippen LogP contribution in [0.1, 0.15) is 25.5 Å². The molecule has 6 heteroatoms. The Kier molecular flexibility index (Phi) is 5.75. The molecule has 0 atom stereocenters. The minimum atomic E-state index is 0.286. The molecule has 1 heterocycles. The van der Waals surface area contributed by atoms with E-state index in [0.29, 0.717) is 23.0 Å². The van der Waals surface area contributed by atoms with Crippen molar-refractivity contribution in [3.63, 3.8) is 0 Å². The van der Waals surface area contributed by atoms with Gasteiger partial charge in [0.25, 0.3) is 0 Å². The Morgan fingerprint density at radius 1 is 1.22 bits per heavy atom. The summed E-state index contributed by atoms with van der Waals surface area (Å²) in [7, 11) is 3.16. The first-order valence-corrected chi connectivity index (χ1v) is 7.46. The SMILES string of the molecule is CCCCNc1ncc(-c2ccc(OC)c(OC)c2)nc1C#N. The fourth-order valence-electron chi connectivity index (χ4n) is 2.11. The van der Waals surface area contributed by atoms with Crippen molar-refractivity contribution in [2.24, 2.45) is 0 Å². The van der Waals surface area contributed by atoms with E-state index in [1.807, 2.05) is 12.1 Å². The number of hydrogen-bond donors (Lipinski definition) is 1. The molecular weight excluding hydrogens is 292 g/mol. The van der Waals surface area contributed by atoms with E-state index in [1.165, 1.54) is 0 Å². The summed E-state index contributed by atoms with van der Waals surface area (Å²) in [5, 5.41) is 12.4. The van der Waals surface area contributed by atoms with Gasteiger partial charge in [0, 0.05) is 12.1 Å². The predicted octanol–water partition coefficient (Wildman–Crippen LogP) is 3.24. The lowest BCUT2D eigenvalue weighted by Gasteiger charge is -2.10. The molecule has 0 aliphatic heterocycles. The number of nitrogens with one attached hydrogen (secondary N) is 1. The highest BCUT2D eigenvalue weighted by atomic mass is 16.5. The topological polar surface area (TPSA) is 80.1 Å². The van der Waals surface area contributed by atoms with Gasteiger partial charge in [-0.05, 0) is 24.6 Å². The molecule has 23 heavy (non-hydrogen) atoms. The van der Waals surface area contributed by atoms with Gasteiger partial charge in [0.2, 0.25) is 0 Å². The van der Waals surface area contributed by atoms with Gasteiger partial charge in [0.1, 0.15) is 6.07 Å². The molecule has 2 rings (SSSR count). The molecule has 0 unspecified atom stereocenters. The van der Waals surface area contributed by atoms with Gasteiger partial charge in [0.15, 0.2) is 23.0 Å². The molecule has 2 aromatic rings. The van der Waals surface area contributed by atoms with E-state index in [0.717, 1.165) is 24.9 Å². The van der Waals surface area contributed by atoms with Crippen molar-refractivity contribution < 1.29 is 9.47 Å². The molecule has 0 spiro atoms. The summed E-state index contributed by atoms with van der Waals surface area (Å²) < 4.78 is 10.5. The van der Waals surface area contributed by atoms with Crippen LogP contribution in [0.15, 0.2) is 24.4 Å². The van der Waals surface area contributed by atoms with Gasteiger partial charge in [-0.3, -0.25) is 0 Å². The van der Waals surface area contributed by atoms with Crippen LogP contribution in [0.2, 0.25) is 0 Å². The molecule has 0 amide bonds. The van der Waals surface area contributed by atoms with Crippen molar-refractivity contribution in [3.05, 3.63) is 30.1 Å². The van der Waals surface area contributed by atoms with Crippen LogP contribution in [-0.4, -0.2) is 30.7 Å². The number of anilines is 1. The van der Waals surface area contributed by atoms with Gasteiger partial charge < -0.3 is 14.8 Å². The first-order chi connectivity index (χ1) is 11.2. The van der Waals surface area contributed by atoms with E-state index in [4.69, 9.17) is 9.47 Å². The maximum Gasteiger partial charge on any atom is 0.183 e. The van der Waals surface area contributed by atoms with E-state index in [1.54, 1.807) is 26.5 Å². The Morgan fingerprint density at radius 3 is 2.65 bits per heavy atom. The smallest absolute Gasteiger partial charge is 0.183 e. The van der Waals surface area contributed by atoms with E-state index in [-0.39, 0.29) is 5.69 Å². The zero-order valence-corrected chi connectivity index (χ0v) is 13.6. The van der Waals surface area contributed by atoms with E-state index in [2.05, 4.69) is 28.3 Å². The van der Waals surface area contributed by atoms with Crippen LogP contribution in [-0.2, 0) is 0 Å². The van der Waals surface area contributed by atoms with Gasteiger partial charge in [-0.15, -0.1) is 0 Å². The van der Waals surface area contributed by atoms with Crippen molar-refractivity contribution in [3.8, 4) is 28.8 Å². The Hall–Kier alpha value is -2.81. The summed E-state index contributed by atoms with van der Waals surface area (Å²) in [4.78, 5) is 8.72. The molecule has 0 bridgehead atoms. The van der Waals surface area contributed by atoms with Crippen LogP contribution in [0, 0.1) is 11.3 Å². The lowest BCUT2D eigenvalue weighted by atomic mass is 10.1. The molecule has 1 aromatic heterocycles. The largest absolute Gasteiger partial charge is 0.493 e. The van der Waals surface area contributed by atoms with Gasteiger partial charge in [-0.1, -0.05) is 13.3 Å². The van der Waals surface area contributed by atoms with Crippen LogP contribution in [0.3, 0.4) is 0 Å². The summed E-state index contributed by atoms with van der Waals surface area (Å²) in [5.41, 5.74) is 1.71. The molecule has 120 valence electrons. The second-order valence-corrected chi connectivity index (χ2v) is 4.91. The van der Waals surface area contributed by atoms with Gasteiger partial charge in [0.05, 0.1) is 26.1 Å². The number of ether oxygens (including phenoxy) is 2. The predicted molar refractivity (Wildman–Crippen MR) is 88.7 cm³/mol. The molecule has 0 aliphatic rings. The molecule has 0 saturated heterocycles. The molecule has 0 aliphatic carbocycles. The third-order valence-corrected chi connectivity index (χ3v) is 3.38. The lowest BCUT2D eigenvalue weighted by molar-refractivity contribution is 0.355. The number of hydrogen-bond acceptors (Lipinski definition) is 6. The fourth-order valence-corrected chi connectivity index (χ4v) is 2.11. The third-order valence-electron chi connectivity index (χ3n) is 3.38. The molecule has 1 N–H and O–H groups in total. The van der Waals surface area contributed by atoms with Crippen molar-refractivity contribution in [1.82, 2.24) is 9.97 Å². The Balaban J connectivity index is 2.32. The first-order valence-electron chi connectivity index (χ1n) is 7.46. The highest BCUT2D eigenvalue weighted by molar-refractivity contribution is 5.65. The summed E-state index contributed by atoms with van der Waals surface area (Å²) in [5.74, 6) is 1.77. The summed E-state index contributed by atoms with van der Waals surface area (Å²) in [6.07, 6.45) is 3.74. The van der Waals surface area contributed by atoms with Gasteiger partial charge in [-0.2, -0.15) is 5.26 Å². The quantitative estimate of drug-likeness (QED) is 0.791. The van der Waals surface area contributed by atoms with Crippen LogP contribution >= 0.6 is 0 Å². The molecule has 1 aromatic carbocycles. The Morgan fingerprint density at radius 2 is 2.00 bits per heavy atom. The number of nitrogens with zero attached hydrogens (tertiary/aromatic N) is 3. The van der Waals surface area contributed by atoms with Crippen LogP contribution in [0.4, 0.5) is 5.82 Å². The van der Waals surface area contributed by atoms with E-state index >= 15 is 0 Å². The summed E-state index contributed by atoms with van der Waals surface area (Å²) >= 11 is 0. The highest BCUT2D eigenvalue weighted by Gasteiger charge is 2.11. The number of methoxy groups -OCH3 is 2. The average molecular weight is 312 g/mol. The maximum absolute atomic E-state index is 9.29. The average Bonchev–Trinajstić information content (AvgIpc) is 2.61. The lowest BCUT2D eigenvalue weighted by Crippen LogP contribution is -2.06. The number of nitriles is 1. The van der Waals surface area contributed by atoms with Gasteiger partial charge >= 0.3 is 0 Å². The summed E-state index contributed by atoms with van der Waals surface area (Å²) in [6, 6.07) is 7.56. The molecule has 6 nitrogen and oxygen atoms in total. The minimum absolute atomic E-state index is 0.286. The van der Waals surface area contributed by atoms with Crippen molar-refractivity contribution in [2.45, 2.75) is 19.8 Å². The fraction of sp³-hybridized carbons (Fsp3) is 0.353. The van der Waals surface area contributed by atoms with Crippen molar-refractivity contribution in [2.75, 3.05) is 26.1 Å². The Bertz CT molecular complexity index is 710.